The summed E-state index contributed by atoms with van der Waals surface area (Å²) < 4.78 is 10.5. The first-order chi connectivity index (χ1) is 12.3. The van der Waals surface area contributed by atoms with Gasteiger partial charge in [-0.25, -0.2) is 9.78 Å². The second kappa shape index (κ2) is 8.59. The van der Waals surface area contributed by atoms with E-state index in [2.05, 4.69) is 4.98 Å². The Morgan fingerprint density at radius 2 is 1.85 bits per heavy atom. The Balaban J connectivity index is 1.89. The van der Waals surface area contributed by atoms with E-state index in [1.165, 1.54) is 11.3 Å². The number of hydrogen-bond donors (Lipinski definition) is 0. The van der Waals surface area contributed by atoms with Crippen LogP contribution in [-0.2, 0) is 14.3 Å². The number of thiazole rings is 1. The number of ether oxygens (including phenoxy) is 2. The SMILES string of the molecule is Cc1cc(C)c(OCC(=O)OCC(=O)[C@H](C#N)c2nc(C)cs2)c(C)c1. The first kappa shape index (κ1) is 19.6. The number of aromatic nitrogens is 1. The number of Topliss-reactive ketones (excluding diaryl/α,β-unsaturated/α-hetero) is 1. The summed E-state index contributed by atoms with van der Waals surface area (Å²) in [6.07, 6.45) is 0. The van der Waals surface area contributed by atoms with Gasteiger partial charge in [0.05, 0.1) is 6.07 Å². The predicted molar refractivity (Wildman–Crippen MR) is 97.3 cm³/mol. The van der Waals surface area contributed by atoms with Gasteiger partial charge < -0.3 is 9.47 Å². The molecule has 0 aliphatic rings. The molecule has 1 atom stereocenters. The van der Waals surface area contributed by atoms with E-state index in [-0.39, 0.29) is 6.61 Å². The molecule has 0 radical (unpaired) electrons. The zero-order valence-corrected chi connectivity index (χ0v) is 16.0. The number of carbonyl (C=O) groups is 2. The molecule has 2 rings (SSSR count). The van der Waals surface area contributed by atoms with Crippen molar-refractivity contribution in [1.29, 1.82) is 5.26 Å². The molecule has 1 aromatic carbocycles. The number of nitrogens with zero attached hydrogens (tertiary/aromatic N) is 2. The predicted octanol–water partition coefficient (Wildman–Crippen LogP) is 3.18. The Morgan fingerprint density at radius 3 is 2.38 bits per heavy atom. The molecule has 2 aromatic rings. The third kappa shape index (κ3) is 4.90. The molecule has 1 aromatic heterocycles. The van der Waals surface area contributed by atoms with Crippen LogP contribution in [0.1, 0.15) is 33.3 Å². The first-order valence-corrected chi connectivity index (χ1v) is 8.90. The van der Waals surface area contributed by atoms with Crippen LogP contribution in [-0.4, -0.2) is 30.0 Å². The lowest BCUT2D eigenvalue weighted by atomic mass is 10.1. The van der Waals surface area contributed by atoms with Crippen LogP contribution in [0.2, 0.25) is 0 Å². The zero-order chi connectivity index (χ0) is 19.3. The molecule has 6 nitrogen and oxygen atoms in total. The van der Waals surface area contributed by atoms with Crippen molar-refractivity contribution in [3.8, 4) is 11.8 Å². The molecule has 0 saturated carbocycles. The Kier molecular flexibility index (Phi) is 6.47. The number of carbonyl (C=O) groups excluding carboxylic acids is 2. The quantitative estimate of drug-likeness (QED) is 0.694. The van der Waals surface area contributed by atoms with Gasteiger partial charge in [0.2, 0.25) is 0 Å². The van der Waals surface area contributed by atoms with E-state index >= 15 is 0 Å². The third-order valence-electron chi connectivity index (χ3n) is 3.65. The summed E-state index contributed by atoms with van der Waals surface area (Å²) >= 11 is 1.24. The van der Waals surface area contributed by atoms with E-state index in [9.17, 15) is 14.9 Å². The summed E-state index contributed by atoms with van der Waals surface area (Å²) in [5, 5.41) is 11.4. The molecule has 0 N–H and O–H groups in total. The highest BCUT2D eigenvalue weighted by molar-refractivity contribution is 7.09. The number of benzene rings is 1. The zero-order valence-electron chi connectivity index (χ0n) is 15.2. The molecule has 0 spiro atoms. The van der Waals surface area contributed by atoms with Crippen molar-refractivity contribution in [2.24, 2.45) is 0 Å². The monoisotopic (exact) mass is 372 g/mol. The summed E-state index contributed by atoms with van der Waals surface area (Å²) in [6, 6.07) is 5.84. The van der Waals surface area contributed by atoms with Crippen LogP contribution in [0.3, 0.4) is 0 Å². The smallest absolute Gasteiger partial charge is 0.344 e. The molecule has 136 valence electrons. The highest BCUT2D eigenvalue weighted by Gasteiger charge is 2.24. The maximum atomic E-state index is 12.1. The minimum absolute atomic E-state index is 0.300. The second-order valence-electron chi connectivity index (χ2n) is 6.03. The molecule has 0 aliphatic heterocycles. The summed E-state index contributed by atoms with van der Waals surface area (Å²) in [7, 11) is 0. The molecule has 0 bridgehead atoms. The van der Waals surface area contributed by atoms with Crippen LogP contribution in [0.5, 0.6) is 5.75 Å². The maximum absolute atomic E-state index is 12.1. The molecule has 0 saturated heterocycles. The van der Waals surface area contributed by atoms with E-state index in [1.54, 1.807) is 12.3 Å². The molecule has 0 fully saturated rings. The van der Waals surface area contributed by atoms with Gasteiger partial charge in [0, 0.05) is 11.1 Å². The Bertz CT molecular complexity index is 844. The Hall–Kier alpha value is -2.72. The van der Waals surface area contributed by atoms with Gasteiger partial charge in [-0.1, -0.05) is 17.7 Å². The van der Waals surface area contributed by atoms with Gasteiger partial charge in [0.1, 0.15) is 10.8 Å². The van der Waals surface area contributed by atoms with Gasteiger partial charge in [-0.2, -0.15) is 5.26 Å². The van der Waals surface area contributed by atoms with Crippen LogP contribution >= 0.6 is 11.3 Å². The average molecular weight is 372 g/mol. The van der Waals surface area contributed by atoms with Crippen molar-refractivity contribution >= 4 is 23.1 Å². The van der Waals surface area contributed by atoms with Crippen LogP contribution in [0.15, 0.2) is 17.5 Å². The molecule has 0 unspecified atom stereocenters. The van der Waals surface area contributed by atoms with Gasteiger partial charge in [-0.15, -0.1) is 11.3 Å². The average Bonchev–Trinajstić information content (AvgIpc) is 2.98. The number of ketones is 1. The molecule has 7 heteroatoms. The van der Waals surface area contributed by atoms with E-state index < -0.39 is 24.3 Å². The number of nitriles is 1. The van der Waals surface area contributed by atoms with Crippen LogP contribution in [0, 0.1) is 39.0 Å². The highest BCUT2D eigenvalue weighted by atomic mass is 32.1. The van der Waals surface area contributed by atoms with Gasteiger partial charge in [0.15, 0.2) is 24.9 Å². The molecule has 0 aliphatic carbocycles. The largest absolute Gasteiger partial charge is 0.481 e. The fourth-order valence-corrected chi connectivity index (χ4v) is 3.43. The molecular weight excluding hydrogens is 352 g/mol. The molecule has 0 amide bonds. The Morgan fingerprint density at radius 1 is 1.19 bits per heavy atom. The van der Waals surface area contributed by atoms with Crippen molar-refractivity contribution in [2.75, 3.05) is 13.2 Å². The summed E-state index contributed by atoms with van der Waals surface area (Å²) in [6.45, 7) is 6.79. The molecular formula is C19H20N2O4S. The number of aryl methyl sites for hydroxylation is 4. The van der Waals surface area contributed by atoms with Crippen molar-refractivity contribution in [3.63, 3.8) is 0 Å². The lowest BCUT2D eigenvalue weighted by Gasteiger charge is -2.13. The topological polar surface area (TPSA) is 89.3 Å². The maximum Gasteiger partial charge on any atom is 0.344 e. The number of hydrogen-bond acceptors (Lipinski definition) is 7. The lowest BCUT2D eigenvalue weighted by Crippen LogP contribution is -2.23. The fraction of sp³-hybridized carbons (Fsp3) is 0.368. The van der Waals surface area contributed by atoms with Crippen molar-refractivity contribution in [1.82, 2.24) is 4.98 Å². The van der Waals surface area contributed by atoms with E-state index in [1.807, 2.05) is 39.0 Å². The van der Waals surface area contributed by atoms with Gasteiger partial charge >= 0.3 is 5.97 Å². The van der Waals surface area contributed by atoms with Crippen LogP contribution < -0.4 is 4.74 Å². The summed E-state index contributed by atoms with van der Waals surface area (Å²) in [5.41, 5.74) is 3.71. The second-order valence-corrected chi connectivity index (χ2v) is 6.92. The van der Waals surface area contributed by atoms with Gasteiger partial charge in [0.25, 0.3) is 0 Å². The summed E-state index contributed by atoms with van der Waals surface area (Å²) in [4.78, 5) is 28.1. The van der Waals surface area contributed by atoms with E-state index in [4.69, 9.17) is 9.47 Å². The van der Waals surface area contributed by atoms with Crippen molar-refractivity contribution in [2.45, 2.75) is 33.6 Å². The third-order valence-corrected chi connectivity index (χ3v) is 4.68. The fourth-order valence-electron chi connectivity index (χ4n) is 2.57. The lowest BCUT2D eigenvalue weighted by molar-refractivity contribution is -0.150. The van der Waals surface area contributed by atoms with E-state index in [0.717, 1.165) is 22.4 Å². The summed E-state index contributed by atoms with van der Waals surface area (Å²) in [5.74, 6) is -1.56. The Labute approximate surface area is 156 Å². The van der Waals surface area contributed by atoms with Crippen molar-refractivity contribution in [3.05, 3.63) is 44.9 Å². The number of rotatable bonds is 7. The highest BCUT2D eigenvalue weighted by Crippen LogP contribution is 2.24. The minimum Gasteiger partial charge on any atom is -0.481 e. The minimum atomic E-state index is -1.02. The van der Waals surface area contributed by atoms with Gasteiger partial charge in [-0.3, -0.25) is 4.79 Å². The van der Waals surface area contributed by atoms with Crippen molar-refractivity contribution < 1.29 is 19.1 Å². The van der Waals surface area contributed by atoms with E-state index in [0.29, 0.717) is 10.8 Å². The van der Waals surface area contributed by atoms with Gasteiger partial charge in [-0.05, 0) is 38.8 Å². The van der Waals surface area contributed by atoms with Crippen LogP contribution in [0.4, 0.5) is 0 Å². The normalized spacial score (nSPS) is 11.5. The molecule has 1 heterocycles. The van der Waals surface area contributed by atoms with Crippen LogP contribution in [0.25, 0.3) is 0 Å². The molecule has 26 heavy (non-hydrogen) atoms. The number of esters is 1. The first-order valence-electron chi connectivity index (χ1n) is 8.02. The standard InChI is InChI=1S/C19H20N2O4S/c1-11-5-12(2)18(13(3)6-11)25-9-17(23)24-8-16(22)15(7-20)19-21-14(4)10-26-19/h5-6,10,15H,8-9H2,1-4H3/t15-/m0/s1.